The molecule has 0 saturated heterocycles. The highest BCUT2D eigenvalue weighted by atomic mass is 19.4. The fraction of sp³-hybridized carbons (Fsp3) is 0.533. The van der Waals surface area contributed by atoms with Crippen molar-refractivity contribution in [2.75, 3.05) is 6.79 Å². The standard InChI is InChI=1S/C15H14F7NO3/c1-2-9(5-8-3-4-10-11(6-8)26-7-25-10)23-12(24)13(16,17)14(18,19)15(20,21)22/h3-4,6,9H,2,5,7H2,1H3,(H,23,24). The molecule has 0 aromatic heterocycles. The summed E-state index contributed by atoms with van der Waals surface area (Å²) in [6.07, 6.45) is -6.62. The number of hydrogen-bond acceptors (Lipinski definition) is 3. The molecule has 1 heterocycles. The molecular weight excluding hydrogens is 375 g/mol. The van der Waals surface area contributed by atoms with Crippen molar-refractivity contribution in [2.24, 2.45) is 0 Å². The van der Waals surface area contributed by atoms with Crippen molar-refractivity contribution < 1.29 is 45.0 Å². The van der Waals surface area contributed by atoms with E-state index in [0.29, 0.717) is 17.1 Å². The second-order valence-electron chi connectivity index (χ2n) is 5.62. The molecule has 146 valence electrons. The smallest absolute Gasteiger partial charge is 0.454 e. The number of nitrogens with one attached hydrogen (secondary N) is 1. The SMILES string of the molecule is CCC(Cc1ccc2c(c1)OCO2)NC(=O)C(F)(F)C(F)(F)C(F)(F)F. The Kier molecular flexibility index (Phi) is 5.29. The number of carbonyl (C=O) groups is 1. The Balaban J connectivity index is 2.10. The lowest BCUT2D eigenvalue weighted by molar-refractivity contribution is -0.344. The maximum absolute atomic E-state index is 13.4. The summed E-state index contributed by atoms with van der Waals surface area (Å²) in [5.74, 6) is -14.3. The summed E-state index contributed by atoms with van der Waals surface area (Å²) >= 11 is 0. The van der Waals surface area contributed by atoms with Crippen molar-refractivity contribution in [2.45, 2.75) is 43.8 Å². The van der Waals surface area contributed by atoms with Crippen LogP contribution >= 0.6 is 0 Å². The van der Waals surface area contributed by atoms with Crippen LogP contribution in [-0.4, -0.2) is 36.8 Å². The van der Waals surface area contributed by atoms with Crippen molar-refractivity contribution in [1.29, 1.82) is 0 Å². The minimum atomic E-state index is -6.56. The summed E-state index contributed by atoms with van der Waals surface area (Å²) in [5.41, 5.74) is 0.493. The zero-order chi connectivity index (χ0) is 19.8. The highest BCUT2D eigenvalue weighted by Crippen LogP contribution is 2.46. The van der Waals surface area contributed by atoms with Crippen LogP contribution in [0.15, 0.2) is 18.2 Å². The van der Waals surface area contributed by atoms with Gasteiger partial charge in [0.2, 0.25) is 6.79 Å². The Labute approximate surface area is 143 Å². The average molecular weight is 389 g/mol. The number of benzene rings is 1. The van der Waals surface area contributed by atoms with E-state index in [0.717, 1.165) is 0 Å². The first-order chi connectivity index (χ1) is 11.9. The van der Waals surface area contributed by atoms with Crippen molar-refractivity contribution >= 4 is 5.91 Å². The molecule has 1 aromatic carbocycles. The Bertz CT molecular complexity index is 676. The quantitative estimate of drug-likeness (QED) is 0.756. The molecule has 1 unspecified atom stereocenters. The first kappa shape index (κ1) is 20.1. The van der Waals surface area contributed by atoms with Crippen LogP contribution in [0, 0.1) is 0 Å². The molecule has 1 amide bonds. The summed E-state index contributed by atoms with van der Waals surface area (Å²) in [6, 6.07) is 3.47. The average Bonchev–Trinajstić information content (AvgIpc) is 3.00. The topological polar surface area (TPSA) is 47.6 Å². The number of rotatable bonds is 6. The fourth-order valence-electron chi connectivity index (χ4n) is 2.25. The molecule has 0 spiro atoms. The van der Waals surface area contributed by atoms with Gasteiger partial charge in [-0.2, -0.15) is 30.7 Å². The second-order valence-corrected chi connectivity index (χ2v) is 5.62. The molecular formula is C15H14F7NO3. The van der Waals surface area contributed by atoms with E-state index in [1.54, 1.807) is 5.32 Å². The van der Waals surface area contributed by atoms with E-state index in [9.17, 15) is 35.5 Å². The molecule has 2 rings (SSSR count). The summed E-state index contributed by atoms with van der Waals surface area (Å²) in [7, 11) is 0. The van der Waals surface area contributed by atoms with Gasteiger partial charge in [0.1, 0.15) is 0 Å². The molecule has 11 heteroatoms. The van der Waals surface area contributed by atoms with Crippen LogP contribution < -0.4 is 14.8 Å². The Morgan fingerprint density at radius 3 is 2.31 bits per heavy atom. The van der Waals surface area contributed by atoms with Gasteiger partial charge in [-0.05, 0) is 30.5 Å². The normalized spacial score (nSPS) is 15.7. The Morgan fingerprint density at radius 2 is 1.73 bits per heavy atom. The van der Waals surface area contributed by atoms with Crippen molar-refractivity contribution in [3.05, 3.63) is 23.8 Å². The molecule has 1 aliphatic heterocycles. The third-order valence-electron chi connectivity index (χ3n) is 3.78. The van der Waals surface area contributed by atoms with Gasteiger partial charge in [-0.25, -0.2) is 0 Å². The molecule has 0 radical (unpaired) electrons. The maximum Gasteiger partial charge on any atom is 0.460 e. The van der Waals surface area contributed by atoms with E-state index in [4.69, 9.17) is 9.47 Å². The highest BCUT2D eigenvalue weighted by molar-refractivity contribution is 5.85. The lowest BCUT2D eigenvalue weighted by atomic mass is 10.0. The Hall–Kier alpha value is -2.20. The van der Waals surface area contributed by atoms with Gasteiger partial charge >= 0.3 is 18.0 Å². The van der Waals surface area contributed by atoms with E-state index < -0.39 is 30.0 Å². The molecule has 0 bridgehead atoms. The largest absolute Gasteiger partial charge is 0.460 e. The van der Waals surface area contributed by atoms with Gasteiger partial charge in [-0.3, -0.25) is 4.79 Å². The summed E-state index contributed by atoms with van der Waals surface area (Å²) < 4.78 is 99.3. The van der Waals surface area contributed by atoms with E-state index in [2.05, 4.69) is 0 Å². The molecule has 26 heavy (non-hydrogen) atoms. The molecule has 0 aliphatic carbocycles. The van der Waals surface area contributed by atoms with Crippen LogP contribution in [0.4, 0.5) is 30.7 Å². The predicted octanol–water partition coefficient (Wildman–Crippen LogP) is 3.69. The number of carbonyl (C=O) groups excluding carboxylic acids is 1. The zero-order valence-corrected chi connectivity index (χ0v) is 13.3. The molecule has 0 fully saturated rings. The van der Waals surface area contributed by atoms with Gasteiger partial charge in [-0.15, -0.1) is 0 Å². The number of hydrogen-bond donors (Lipinski definition) is 1. The number of fused-ring (bicyclic) bond motifs is 1. The molecule has 1 aromatic rings. The number of alkyl halides is 7. The minimum Gasteiger partial charge on any atom is -0.454 e. The van der Waals surface area contributed by atoms with Crippen molar-refractivity contribution in [1.82, 2.24) is 5.32 Å². The van der Waals surface area contributed by atoms with E-state index in [1.165, 1.54) is 25.1 Å². The first-order valence-corrected chi connectivity index (χ1v) is 7.42. The summed E-state index contributed by atoms with van der Waals surface area (Å²) in [4.78, 5) is 11.4. The Morgan fingerprint density at radius 1 is 1.12 bits per heavy atom. The molecule has 0 saturated carbocycles. The minimum absolute atomic E-state index is 0.00846. The van der Waals surface area contributed by atoms with Gasteiger partial charge in [0.25, 0.3) is 5.91 Å². The van der Waals surface area contributed by atoms with Crippen molar-refractivity contribution in [3.63, 3.8) is 0 Å². The van der Waals surface area contributed by atoms with Crippen LogP contribution in [-0.2, 0) is 11.2 Å². The zero-order valence-electron chi connectivity index (χ0n) is 13.3. The number of amides is 1. The highest BCUT2D eigenvalue weighted by Gasteiger charge is 2.76. The fourth-order valence-corrected chi connectivity index (χ4v) is 2.25. The number of ether oxygens (including phenoxy) is 2. The van der Waals surface area contributed by atoms with Crippen LogP contribution in [0.5, 0.6) is 11.5 Å². The third kappa shape index (κ3) is 3.65. The van der Waals surface area contributed by atoms with Crippen LogP contribution in [0.25, 0.3) is 0 Å². The van der Waals surface area contributed by atoms with E-state index >= 15 is 0 Å². The van der Waals surface area contributed by atoms with Crippen molar-refractivity contribution in [3.8, 4) is 11.5 Å². The number of halogens is 7. The summed E-state index contributed by atoms with van der Waals surface area (Å²) in [5, 5.41) is 1.56. The van der Waals surface area contributed by atoms with Gasteiger partial charge < -0.3 is 14.8 Å². The van der Waals surface area contributed by atoms with Crippen LogP contribution in [0.3, 0.4) is 0 Å². The van der Waals surface area contributed by atoms with Crippen LogP contribution in [0.2, 0.25) is 0 Å². The molecule has 1 atom stereocenters. The monoisotopic (exact) mass is 389 g/mol. The lowest BCUT2D eigenvalue weighted by Crippen LogP contribution is -2.60. The second kappa shape index (κ2) is 6.84. The molecule has 4 nitrogen and oxygen atoms in total. The predicted molar refractivity (Wildman–Crippen MR) is 74.4 cm³/mol. The van der Waals surface area contributed by atoms with Gasteiger partial charge in [0, 0.05) is 6.04 Å². The third-order valence-corrected chi connectivity index (χ3v) is 3.78. The molecule has 1 N–H and O–H groups in total. The van der Waals surface area contributed by atoms with E-state index in [-0.39, 0.29) is 19.6 Å². The van der Waals surface area contributed by atoms with Gasteiger partial charge in [0.15, 0.2) is 11.5 Å². The van der Waals surface area contributed by atoms with Gasteiger partial charge in [-0.1, -0.05) is 13.0 Å². The lowest BCUT2D eigenvalue weighted by Gasteiger charge is -2.28. The van der Waals surface area contributed by atoms with E-state index in [1.807, 2.05) is 0 Å². The van der Waals surface area contributed by atoms with Gasteiger partial charge in [0.05, 0.1) is 0 Å². The van der Waals surface area contributed by atoms with Crippen LogP contribution in [0.1, 0.15) is 18.9 Å². The maximum atomic E-state index is 13.4. The summed E-state index contributed by atoms with van der Waals surface area (Å²) in [6.45, 7) is 1.45. The molecule has 1 aliphatic rings. The first-order valence-electron chi connectivity index (χ1n) is 7.42.